The minimum atomic E-state index is -6.09. The summed E-state index contributed by atoms with van der Waals surface area (Å²) in [7, 11) is -6.09. The van der Waals surface area contributed by atoms with Gasteiger partial charge in [0.1, 0.15) is 0 Å². The van der Waals surface area contributed by atoms with Crippen LogP contribution in [0.4, 0.5) is 13.2 Å². The second-order valence-electron chi connectivity index (χ2n) is 7.39. The van der Waals surface area contributed by atoms with Crippen LogP contribution in [0.15, 0.2) is 60.7 Å². The lowest BCUT2D eigenvalue weighted by atomic mass is 9.88. The Morgan fingerprint density at radius 2 is 1.48 bits per heavy atom. The lowest BCUT2D eigenvalue weighted by Gasteiger charge is -2.16. The second kappa shape index (κ2) is 9.20. The molecule has 0 bridgehead atoms. The first kappa shape index (κ1) is 23.0. The molecule has 0 radical (unpaired) electrons. The topological polar surface area (TPSA) is 71.3 Å². The molecule has 1 heterocycles. The van der Waals surface area contributed by atoms with Crippen LogP contribution in [-0.4, -0.2) is 18.5 Å². The largest absolute Gasteiger partial charge is 0.741 e. The second-order valence-corrected chi connectivity index (χ2v) is 8.76. The Bertz CT molecular complexity index is 1140. The first-order valence-electron chi connectivity index (χ1n) is 9.79. The zero-order valence-corrected chi connectivity index (χ0v) is 17.7. The van der Waals surface area contributed by atoms with Gasteiger partial charge in [-0.15, -0.1) is 0 Å². The molecular formula is C23H22F3NO3S. The number of benzene rings is 2. The van der Waals surface area contributed by atoms with Gasteiger partial charge in [0.15, 0.2) is 15.8 Å². The molecule has 1 aliphatic carbocycles. The Labute approximate surface area is 179 Å². The number of hydrogen-bond donors (Lipinski definition) is 0. The van der Waals surface area contributed by atoms with Gasteiger partial charge >= 0.3 is 5.51 Å². The third-order valence-corrected chi connectivity index (χ3v) is 5.66. The van der Waals surface area contributed by atoms with Crippen molar-refractivity contribution in [2.24, 2.45) is 0 Å². The van der Waals surface area contributed by atoms with Crippen molar-refractivity contribution in [2.75, 3.05) is 0 Å². The fourth-order valence-corrected chi connectivity index (χ4v) is 3.53. The fraction of sp³-hybridized carbons (Fsp3) is 0.261. The van der Waals surface area contributed by atoms with E-state index in [0.29, 0.717) is 0 Å². The molecule has 0 amide bonds. The average Bonchev–Trinajstić information content (AvgIpc) is 2.73. The zero-order chi connectivity index (χ0) is 22.6. The summed E-state index contributed by atoms with van der Waals surface area (Å²) in [6, 6.07) is 21.9. The van der Waals surface area contributed by atoms with Crippen molar-refractivity contribution in [3.05, 3.63) is 77.5 Å². The van der Waals surface area contributed by atoms with E-state index in [4.69, 9.17) is 13.0 Å². The molecule has 1 aromatic heterocycles. The van der Waals surface area contributed by atoms with Crippen LogP contribution in [0, 0.1) is 6.92 Å². The first-order valence-corrected chi connectivity index (χ1v) is 11.2. The number of H-pyrrole nitrogens is 1. The van der Waals surface area contributed by atoms with Gasteiger partial charge in [-0.25, -0.2) is 13.4 Å². The van der Waals surface area contributed by atoms with Gasteiger partial charge < -0.3 is 4.55 Å². The fourth-order valence-electron chi connectivity index (χ4n) is 3.53. The highest BCUT2D eigenvalue weighted by Gasteiger charge is 2.36. The Kier molecular flexibility index (Phi) is 6.81. The number of aryl methyl sites for hydroxylation is 2. The summed E-state index contributed by atoms with van der Waals surface area (Å²) in [6.07, 6.45) is 4.93. The third kappa shape index (κ3) is 5.71. The van der Waals surface area contributed by atoms with Crippen molar-refractivity contribution >= 4 is 10.1 Å². The number of fused-ring (bicyclic) bond motifs is 1. The molecule has 1 N–H and O–H groups in total. The van der Waals surface area contributed by atoms with Crippen molar-refractivity contribution < 1.29 is 31.1 Å². The summed E-state index contributed by atoms with van der Waals surface area (Å²) >= 11 is 0. The number of alkyl halides is 3. The Morgan fingerprint density at radius 1 is 0.903 bits per heavy atom. The number of aromatic amines is 1. The van der Waals surface area contributed by atoms with E-state index < -0.39 is 15.6 Å². The van der Waals surface area contributed by atoms with Gasteiger partial charge in [-0.05, 0) is 49.4 Å². The Hall–Kier alpha value is -2.71. The molecule has 0 saturated heterocycles. The molecule has 4 nitrogen and oxygen atoms in total. The van der Waals surface area contributed by atoms with E-state index in [-0.39, 0.29) is 0 Å². The summed E-state index contributed by atoms with van der Waals surface area (Å²) < 4.78 is 58.9. The molecule has 0 fully saturated rings. The maximum Gasteiger partial charge on any atom is 0.485 e. The molecule has 31 heavy (non-hydrogen) atoms. The van der Waals surface area contributed by atoms with Crippen LogP contribution < -0.4 is 4.98 Å². The standard InChI is InChI=1S/C22H21N.CHF3O3S/c1-16-11-13-17(14-12-16)20-15-22(18-7-3-2-4-8-18)23-21-10-6-5-9-19(20)21;2-1(3,4)8(5,6)7/h2-4,7-8,11-15H,5-6,9-10H2,1H3;(H,5,6,7). The van der Waals surface area contributed by atoms with Crippen LogP contribution in [0.3, 0.4) is 0 Å². The van der Waals surface area contributed by atoms with E-state index in [9.17, 15) is 13.2 Å². The smallest absolute Gasteiger partial charge is 0.485 e. The number of hydrogen-bond acceptors (Lipinski definition) is 3. The van der Waals surface area contributed by atoms with Gasteiger partial charge in [-0.1, -0.05) is 48.0 Å². The van der Waals surface area contributed by atoms with E-state index >= 15 is 0 Å². The van der Waals surface area contributed by atoms with Crippen molar-refractivity contribution in [1.82, 2.24) is 0 Å². The number of rotatable bonds is 2. The number of halogens is 3. The van der Waals surface area contributed by atoms with E-state index in [0.717, 1.165) is 6.42 Å². The molecule has 0 atom stereocenters. The van der Waals surface area contributed by atoms with Crippen molar-refractivity contribution in [3.63, 3.8) is 0 Å². The molecule has 8 heteroatoms. The van der Waals surface area contributed by atoms with E-state index in [1.165, 1.54) is 58.5 Å². The molecule has 4 rings (SSSR count). The van der Waals surface area contributed by atoms with Gasteiger partial charge in [-0.2, -0.15) is 13.2 Å². The maximum atomic E-state index is 10.7. The lowest BCUT2D eigenvalue weighted by Crippen LogP contribution is -2.21. The van der Waals surface area contributed by atoms with Gasteiger partial charge in [0.05, 0.1) is 0 Å². The highest BCUT2D eigenvalue weighted by Crippen LogP contribution is 2.32. The monoisotopic (exact) mass is 449 g/mol. The van der Waals surface area contributed by atoms with Crippen LogP contribution in [0.1, 0.15) is 29.7 Å². The van der Waals surface area contributed by atoms with Crippen LogP contribution in [0.5, 0.6) is 0 Å². The van der Waals surface area contributed by atoms with E-state index in [2.05, 4.69) is 72.6 Å². The van der Waals surface area contributed by atoms with Crippen molar-refractivity contribution in [3.8, 4) is 22.4 Å². The molecule has 0 aliphatic heterocycles. The molecule has 0 saturated carbocycles. The lowest BCUT2D eigenvalue weighted by molar-refractivity contribution is -0.378. The Morgan fingerprint density at radius 3 is 2.06 bits per heavy atom. The molecular weight excluding hydrogens is 427 g/mol. The van der Waals surface area contributed by atoms with Crippen LogP contribution >= 0.6 is 0 Å². The third-order valence-electron chi connectivity index (χ3n) is 5.10. The molecule has 3 aromatic rings. The molecule has 2 aromatic carbocycles. The van der Waals surface area contributed by atoms with E-state index in [1.54, 1.807) is 0 Å². The summed E-state index contributed by atoms with van der Waals surface area (Å²) in [4.78, 5) is 3.70. The average molecular weight is 449 g/mol. The summed E-state index contributed by atoms with van der Waals surface area (Å²) in [5.41, 5.74) is 3.82. The first-order chi connectivity index (χ1) is 14.6. The van der Waals surface area contributed by atoms with Crippen LogP contribution in [-0.2, 0) is 23.0 Å². The van der Waals surface area contributed by atoms with Crippen molar-refractivity contribution in [2.45, 2.75) is 38.1 Å². The summed E-state index contributed by atoms with van der Waals surface area (Å²) in [5, 5.41) is 0. The SMILES string of the molecule is Cc1ccc(-c2cc(-c3ccccc3)[nH+]c3c2CCCC3)cc1.O=S(=O)([O-])C(F)(F)F. The minimum Gasteiger partial charge on any atom is -0.741 e. The van der Waals surface area contributed by atoms with Crippen LogP contribution in [0.25, 0.3) is 22.4 Å². The quantitative estimate of drug-likeness (QED) is 0.405. The Balaban J connectivity index is 0.000000293. The molecule has 1 aliphatic rings. The molecule has 164 valence electrons. The highest BCUT2D eigenvalue weighted by molar-refractivity contribution is 7.86. The zero-order valence-electron chi connectivity index (χ0n) is 16.9. The summed E-state index contributed by atoms with van der Waals surface area (Å²) in [6.45, 7) is 2.15. The van der Waals surface area contributed by atoms with Crippen molar-refractivity contribution in [1.29, 1.82) is 0 Å². The predicted octanol–water partition coefficient (Wildman–Crippen LogP) is 5.07. The molecule has 0 spiro atoms. The number of pyridine rings is 1. The summed E-state index contributed by atoms with van der Waals surface area (Å²) in [5.74, 6) is 0. The van der Waals surface area contributed by atoms with Crippen LogP contribution in [0.2, 0.25) is 0 Å². The van der Waals surface area contributed by atoms with E-state index in [1.807, 2.05) is 0 Å². The van der Waals surface area contributed by atoms with Gasteiger partial charge in [0, 0.05) is 23.6 Å². The highest BCUT2D eigenvalue weighted by atomic mass is 32.2. The van der Waals surface area contributed by atoms with Gasteiger partial charge in [0.25, 0.3) is 0 Å². The predicted molar refractivity (Wildman–Crippen MR) is 111 cm³/mol. The van der Waals surface area contributed by atoms with Gasteiger partial charge in [0.2, 0.25) is 5.69 Å². The minimum absolute atomic E-state index is 1.16. The normalized spacial score (nSPS) is 13.7. The maximum absolute atomic E-state index is 10.7. The number of nitrogens with one attached hydrogen (secondary N) is 1. The molecule has 0 unspecified atom stereocenters. The number of aromatic nitrogens is 1. The van der Waals surface area contributed by atoms with Gasteiger partial charge in [-0.3, -0.25) is 0 Å².